The number of hydrogen-bond acceptors (Lipinski definition) is 4. The van der Waals surface area contributed by atoms with Crippen LogP contribution in [0.1, 0.15) is 70.3 Å². The molecule has 5 nitrogen and oxygen atoms in total. The van der Waals surface area contributed by atoms with Crippen LogP contribution in [0.5, 0.6) is 0 Å². The second-order valence-corrected chi connectivity index (χ2v) is 12.3. The van der Waals surface area contributed by atoms with Crippen molar-refractivity contribution < 1.29 is 19.4 Å². The molecule has 0 radical (unpaired) electrons. The molecule has 3 rings (SSSR count). The van der Waals surface area contributed by atoms with Crippen molar-refractivity contribution >= 4 is 51.0 Å². The van der Waals surface area contributed by atoms with Crippen LogP contribution in [0.4, 0.5) is 10.5 Å². The number of carbonyl (C=O) groups excluding carboxylic acids is 1. The minimum atomic E-state index is -0.990. The maximum atomic E-state index is 12.9. The molecule has 2 unspecified atom stereocenters. The Balaban J connectivity index is 2.32. The molecule has 2 aliphatic rings. The number of carbonyl (C=O) groups is 2. The van der Waals surface area contributed by atoms with E-state index in [0.717, 1.165) is 34.2 Å². The van der Waals surface area contributed by atoms with Crippen molar-refractivity contribution in [2.45, 2.75) is 64.7 Å². The Bertz CT molecular complexity index is 919. The lowest BCUT2D eigenvalue weighted by Gasteiger charge is -2.39. The fourth-order valence-electron chi connectivity index (χ4n) is 4.70. The van der Waals surface area contributed by atoms with Crippen LogP contribution in [-0.4, -0.2) is 39.8 Å². The number of amides is 1. The van der Waals surface area contributed by atoms with Crippen molar-refractivity contribution in [1.29, 1.82) is 0 Å². The quantitative estimate of drug-likeness (QED) is 0.373. The summed E-state index contributed by atoms with van der Waals surface area (Å²) < 4.78 is 5.78. The Labute approximate surface area is 191 Å². The van der Waals surface area contributed by atoms with Crippen LogP contribution in [-0.2, 0) is 4.74 Å². The first kappa shape index (κ1) is 23.4. The van der Waals surface area contributed by atoms with Gasteiger partial charge in [0.05, 0.1) is 6.61 Å². The molecule has 0 aliphatic carbocycles. The van der Waals surface area contributed by atoms with Gasteiger partial charge in [-0.15, -0.1) is 0 Å². The highest BCUT2D eigenvalue weighted by atomic mass is 79.9. The second kappa shape index (κ2) is 7.99. The van der Waals surface area contributed by atoms with Gasteiger partial charge in [-0.1, -0.05) is 29.8 Å². The lowest BCUT2D eigenvalue weighted by atomic mass is 9.84. The first-order valence-corrected chi connectivity index (χ1v) is 12.1. The van der Waals surface area contributed by atoms with Crippen molar-refractivity contribution in [3.05, 3.63) is 33.9 Å². The van der Waals surface area contributed by atoms with E-state index in [2.05, 4.69) is 29.8 Å². The number of allylic oxidation sites excluding steroid dienone is 1. The van der Waals surface area contributed by atoms with E-state index in [0.29, 0.717) is 11.3 Å². The van der Waals surface area contributed by atoms with E-state index in [1.54, 1.807) is 13.0 Å². The monoisotopic (exact) mass is 496 g/mol. The van der Waals surface area contributed by atoms with Gasteiger partial charge in [0.2, 0.25) is 0 Å². The molecule has 7 heteroatoms. The normalized spacial score (nSPS) is 25.4. The molecule has 1 aromatic carbocycles. The van der Waals surface area contributed by atoms with E-state index in [4.69, 9.17) is 4.74 Å². The summed E-state index contributed by atoms with van der Waals surface area (Å²) in [5, 5.41) is 10.5. The van der Waals surface area contributed by atoms with Crippen molar-refractivity contribution in [3.63, 3.8) is 0 Å². The Morgan fingerprint density at radius 2 is 2.00 bits per heavy atom. The van der Waals surface area contributed by atoms with Gasteiger partial charge in [-0.25, -0.2) is 4.79 Å². The summed E-state index contributed by atoms with van der Waals surface area (Å²) in [6.45, 7) is 12.2. The van der Waals surface area contributed by atoms with Gasteiger partial charge in [-0.05, 0) is 64.3 Å². The zero-order valence-corrected chi connectivity index (χ0v) is 20.9. The maximum Gasteiger partial charge on any atom is 0.524 e. The molecule has 2 aliphatic heterocycles. The highest BCUT2D eigenvalue weighted by Gasteiger charge is 2.57. The zero-order valence-electron chi connectivity index (χ0n) is 18.5. The van der Waals surface area contributed by atoms with Gasteiger partial charge in [0, 0.05) is 20.4 Å². The number of esters is 1. The summed E-state index contributed by atoms with van der Waals surface area (Å²) in [6.07, 6.45) is 2.85. The number of thioether (sulfide) groups is 1. The number of nitrogens with zero attached hydrogens (tertiary/aromatic N) is 1. The Morgan fingerprint density at radius 1 is 1.33 bits per heavy atom. The van der Waals surface area contributed by atoms with E-state index >= 15 is 0 Å². The lowest BCUT2D eigenvalue weighted by molar-refractivity contribution is 0.0523. The number of hydrogen-bond donors (Lipinski definition) is 1. The standard InChI is InChI=1S/C23H30BrNO4S/c1-7-29-20(26)17-11-15(24)10-16-18(14-8-9-30-23(5,6)12-14)13-25(19(16)17,21(27)28)22(2,3)4/h10-11,13-14H,7-9,12H2,1-6H3/p+1. The first-order chi connectivity index (χ1) is 13.8. The molecular weight excluding hydrogens is 466 g/mol. The number of carboxylic acid groups (broad SMARTS) is 1. The molecule has 0 saturated carbocycles. The number of quaternary nitrogens is 1. The van der Waals surface area contributed by atoms with Crippen LogP contribution >= 0.6 is 27.7 Å². The summed E-state index contributed by atoms with van der Waals surface area (Å²) in [6, 6.07) is 3.66. The van der Waals surface area contributed by atoms with Crippen molar-refractivity contribution in [3.8, 4) is 0 Å². The molecule has 0 aromatic heterocycles. The number of fused-ring (bicyclic) bond motifs is 1. The lowest BCUT2D eigenvalue weighted by Crippen LogP contribution is -2.60. The Morgan fingerprint density at radius 3 is 2.53 bits per heavy atom. The van der Waals surface area contributed by atoms with Gasteiger partial charge < -0.3 is 9.84 Å². The average molecular weight is 497 g/mol. The number of ether oxygens (including phenoxy) is 1. The van der Waals surface area contributed by atoms with E-state index < -0.39 is 22.1 Å². The topological polar surface area (TPSA) is 63.6 Å². The number of benzene rings is 1. The molecule has 1 fully saturated rings. The molecule has 2 atom stereocenters. The first-order valence-electron chi connectivity index (χ1n) is 10.3. The second-order valence-electron chi connectivity index (χ2n) is 9.63. The van der Waals surface area contributed by atoms with Gasteiger partial charge in [-0.3, -0.25) is 0 Å². The Kier molecular flexibility index (Phi) is 6.22. The summed E-state index contributed by atoms with van der Waals surface area (Å²) in [7, 11) is 0. The summed E-state index contributed by atoms with van der Waals surface area (Å²) in [4.78, 5) is 25.8. The molecule has 0 bridgehead atoms. The van der Waals surface area contributed by atoms with Crippen LogP contribution in [0.3, 0.4) is 0 Å². The largest absolute Gasteiger partial charge is 0.524 e. The van der Waals surface area contributed by atoms with Gasteiger partial charge in [0.1, 0.15) is 17.3 Å². The predicted octanol–water partition coefficient (Wildman–Crippen LogP) is 6.69. The third kappa shape index (κ3) is 3.84. The fourth-order valence-corrected chi connectivity index (χ4v) is 6.43. The van der Waals surface area contributed by atoms with Crippen molar-refractivity contribution in [1.82, 2.24) is 4.48 Å². The minimum Gasteiger partial charge on any atom is -0.462 e. The maximum absolute atomic E-state index is 12.9. The molecule has 1 N–H and O–H groups in total. The van der Waals surface area contributed by atoms with E-state index in [-0.39, 0.29) is 17.3 Å². The van der Waals surface area contributed by atoms with Crippen LogP contribution in [0, 0.1) is 5.92 Å². The van der Waals surface area contributed by atoms with E-state index in [9.17, 15) is 14.7 Å². The molecule has 1 amide bonds. The molecule has 2 heterocycles. The Hall–Kier alpha value is -1.31. The predicted molar refractivity (Wildman–Crippen MR) is 127 cm³/mol. The smallest absolute Gasteiger partial charge is 0.462 e. The summed E-state index contributed by atoms with van der Waals surface area (Å²) in [5.41, 5.74) is 2.01. The van der Waals surface area contributed by atoms with Crippen LogP contribution < -0.4 is 4.48 Å². The van der Waals surface area contributed by atoms with Gasteiger partial charge in [0.25, 0.3) is 0 Å². The van der Waals surface area contributed by atoms with Crippen LogP contribution in [0.25, 0.3) is 5.57 Å². The molecule has 1 aromatic rings. The summed E-state index contributed by atoms with van der Waals surface area (Å²) >= 11 is 5.50. The van der Waals surface area contributed by atoms with Crippen molar-refractivity contribution in [2.75, 3.05) is 12.4 Å². The highest BCUT2D eigenvalue weighted by molar-refractivity contribution is 9.10. The SMILES string of the molecule is CCOC(=O)c1cc(Br)cc2c1[N+](C(=O)O)(C(C)(C)C)C=C2C1CCSC(C)(C)C1. The number of rotatable bonds is 3. The third-order valence-electron chi connectivity index (χ3n) is 6.06. The fraction of sp³-hybridized carbons (Fsp3) is 0.565. The minimum absolute atomic E-state index is 0.128. The highest BCUT2D eigenvalue weighted by Crippen LogP contribution is 2.54. The average Bonchev–Trinajstić information content (AvgIpc) is 2.96. The summed E-state index contributed by atoms with van der Waals surface area (Å²) in [5.74, 6) is 0.786. The third-order valence-corrected chi connectivity index (χ3v) is 7.91. The molecule has 0 spiro atoms. The van der Waals surface area contributed by atoms with E-state index in [1.165, 1.54) is 0 Å². The van der Waals surface area contributed by atoms with Crippen LogP contribution in [0.15, 0.2) is 22.8 Å². The van der Waals surface area contributed by atoms with Gasteiger partial charge in [0.15, 0.2) is 5.69 Å². The molecular formula is C23H31BrNO4S+. The van der Waals surface area contributed by atoms with Crippen molar-refractivity contribution in [2.24, 2.45) is 5.92 Å². The van der Waals surface area contributed by atoms with E-state index in [1.807, 2.05) is 44.8 Å². The zero-order chi connectivity index (χ0) is 22.5. The van der Waals surface area contributed by atoms with Gasteiger partial charge >= 0.3 is 12.1 Å². The molecule has 1 saturated heterocycles. The van der Waals surface area contributed by atoms with Gasteiger partial charge in [-0.2, -0.15) is 21.0 Å². The number of halogens is 1. The molecule has 164 valence electrons. The molecule has 30 heavy (non-hydrogen) atoms. The van der Waals surface area contributed by atoms with Crippen LogP contribution in [0.2, 0.25) is 0 Å².